The highest BCUT2D eigenvalue weighted by Gasteiger charge is 2.26. The lowest BCUT2D eigenvalue weighted by Gasteiger charge is -2.30. The molecule has 0 saturated heterocycles. The number of phenolic OH excluding ortho intramolecular Hbond substituents is 1. The zero-order chi connectivity index (χ0) is 11.7. The minimum atomic E-state index is 0.315. The molecule has 1 heterocycles. The molecule has 3 N–H and O–H groups in total. The Labute approximate surface area is 102 Å². The maximum Gasteiger partial charge on any atom is 0.122 e. The van der Waals surface area contributed by atoms with Crippen molar-refractivity contribution < 1.29 is 5.11 Å². The van der Waals surface area contributed by atoms with Crippen molar-refractivity contribution in [3.05, 3.63) is 23.8 Å². The van der Waals surface area contributed by atoms with Crippen LogP contribution in [-0.4, -0.2) is 17.7 Å². The average Bonchev–Trinajstić information content (AvgIpc) is 2.82. The van der Waals surface area contributed by atoms with Gasteiger partial charge in [-0.25, -0.2) is 0 Å². The van der Waals surface area contributed by atoms with Gasteiger partial charge in [-0.1, -0.05) is 18.9 Å². The Bertz CT molecular complexity index is 399. The minimum Gasteiger partial charge on any atom is -0.508 e. The van der Waals surface area contributed by atoms with Crippen LogP contribution in [0.1, 0.15) is 43.7 Å². The van der Waals surface area contributed by atoms with E-state index in [9.17, 15) is 5.11 Å². The predicted molar refractivity (Wildman–Crippen MR) is 69.3 cm³/mol. The Balaban J connectivity index is 1.83. The molecule has 0 spiro atoms. The van der Waals surface area contributed by atoms with Gasteiger partial charge in [0.15, 0.2) is 0 Å². The van der Waals surface area contributed by atoms with Crippen LogP contribution >= 0.6 is 0 Å². The molecule has 1 unspecified atom stereocenters. The van der Waals surface area contributed by atoms with Crippen molar-refractivity contribution in [2.45, 2.75) is 44.2 Å². The molecule has 17 heavy (non-hydrogen) atoms. The van der Waals surface area contributed by atoms with Gasteiger partial charge in [-0.05, 0) is 31.4 Å². The molecule has 3 heteroatoms. The SMILES string of the molecule is Oc1cccc2c1C(NC1CCCC1)CCN2. The van der Waals surface area contributed by atoms with Crippen molar-refractivity contribution in [3.8, 4) is 5.75 Å². The number of hydrogen-bond acceptors (Lipinski definition) is 3. The van der Waals surface area contributed by atoms with Gasteiger partial charge in [-0.15, -0.1) is 0 Å². The quantitative estimate of drug-likeness (QED) is 0.734. The largest absolute Gasteiger partial charge is 0.508 e. The third kappa shape index (κ3) is 2.12. The molecule has 1 aromatic carbocycles. The highest BCUT2D eigenvalue weighted by molar-refractivity contribution is 5.60. The van der Waals surface area contributed by atoms with Crippen LogP contribution in [0.15, 0.2) is 18.2 Å². The van der Waals surface area contributed by atoms with Crippen LogP contribution in [0.5, 0.6) is 5.75 Å². The van der Waals surface area contributed by atoms with Crippen LogP contribution in [0.2, 0.25) is 0 Å². The summed E-state index contributed by atoms with van der Waals surface area (Å²) in [4.78, 5) is 0. The zero-order valence-electron chi connectivity index (χ0n) is 10.1. The van der Waals surface area contributed by atoms with E-state index in [2.05, 4.69) is 16.7 Å². The van der Waals surface area contributed by atoms with Crippen molar-refractivity contribution >= 4 is 5.69 Å². The normalized spacial score (nSPS) is 24.4. The molecule has 92 valence electrons. The smallest absolute Gasteiger partial charge is 0.122 e. The van der Waals surface area contributed by atoms with Gasteiger partial charge < -0.3 is 15.7 Å². The predicted octanol–water partition coefficient (Wildman–Crippen LogP) is 2.78. The lowest BCUT2D eigenvalue weighted by molar-refractivity contribution is 0.397. The van der Waals surface area contributed by atoms with E-state index in [0.29, 0.717) is 17.8 Å². The molecule has 1 fully saturated rings. The molecule has 0 bridgehead atoms. The number of benzene rings is 1. The first kappa shape index (κ1) is 10.9. The molecule has 1 aliphatic carbocycles. The summed E-state index contributed by atoms with van der Waals surface area (Å²) in [5.41, 5.74) is 2.15. The molecule has 1 saturated carbocycles. The summed E-state index contributed by atoms with van der Waals surface area (Å²) in [5.74, 6) is 0.421. The van der Waals surface area contributed by atoms with Crippen LogP contribution < -0.4 is 10.6 Å². The summed E-state index contributed by atoms with van der Waals surface area (Å²) in [6.07, 6.45) is 6.31. The fourth-order valence-electron chi connectivity index (χ4n) is 3.11. The maximum atomic E-state index is 10.0. The molecule has 0 radical (unpaired) electrons. The van der Waals surface area contributed by atoms with Crippen LogP contribution in [0.3, 0.4) is 0 Å². The second-order valence-corrected chi connectivity index (χ2v) is 5.15. The first-order valence-corrected chi connectivity index (χ1v) is 6.66. The van der Waals surface area contributed by atoms with Crippen molar-refractivity contribution in [2.24, 2.45) is 0 Å². The molecular formula is C14H20N2O. The van der Waals surface area contributed by atoms with Crippen LogP contribution in [-0.2, 0) is 0 Å². The third-order valence-electron chi connectivity index (χ3n) is 3.97. The van der Waals surface area contributed by atoms with E-state index in [1.807, 2.05) is 6.07 Å². The number of nitrogens with one attached hydrogen (secondary N) is 2. The van der Waals surface area contributed by atoms with Crippen molar-refractivity contribution in [1.29, 1.82) is 0 Å². The number of fused-ring (bicyclic) bond motifs is 1. The fraction of sp³-hybridized carbons (Fsp3) is 0.571. The van der Waals surface area contributed by atoms with Crippen LogP contribution in [0.25, 0.3) is 0 Å². The Hall–Kier alpha value is -1.22. The van der Waals surface area contributed by atoms with E-state index in [1.54, 1.807) is 6.07 Å². The summed E-state index contributed by atoms with van der Waals surface area (Å²) in [6, 6.07) is 6.70. The second kappa shape index (κ2) is 4.57. The van der Waals surface area contributed by atoms with E-state index in [4.69, 9.17) is 0 Å². The monoisotopic (exact) mass is 232 g/mol. The van der Waals surface area contributed by atoms with E-state index in [-0.39, 0.29) is 0 Å². The summed E-state index contributed by atoms with van der Waals surface area (Å²) >= 11 is 0. The van der Waals surface area contributed by atoms with Gasteiger partial charge in [0.1, 0.15) is 5.75 Å². The Morgan fingerprint density at radius 1 is 1.18 bits per heavy atom. The summed E-state index contributed by atoms with van der Waals surface area (Å²) < 4.78 is 0. The minimum absolute atomic E-state index is 0.315. The molecule has 2 aliphatic rings. The number of rotatable bonds is 2. The van der Waals surface area contributed by atoms with Gasteiger partial charge in [0, 0.05) is 29.9 Å². The number of aromatic hydroxyl groups is 1. The van der Waals surface area contributed by atoms with Gasteiger partial charge >= 0.3 is 0 Å². The van der Waals surface area contributed by atoms with Crippen molar-refractivity contribution in [1.82, 2.24) is 5.32 Å². The Kier molecular flexibility index (Phi) is 2.93. The maximum absolute atomic E-state index is 10.0. The van der Waals surface area contributed by atoms with Gasteiger partial charge in [0.2, 0.25) is 0 Å². The van der Waals surface area contributed by atoms with E-state index < -0.39 is 0 Å². The van der Waals surface area contributed by atoms with Gasteiger partial charge in [-0.3, -0.25) is 0 Å². The molecule has 3 rings (SSSR count). The lowest BCUT2D eigenvalue weighted by Crippen LogP contribution is -2.34. The highest BCUT2D eigenvalue weighted by Crippen LogP contribution is 2.37. The second-order valence-electron chi connectivity index (χ2n) is 5.15. The molecule has 3 nitrogen and oxygen atoms in total. The van der Waals surface area contributed by atoms with Crippen LogP contribution in [0, 0.1) is 0 Å². The topological polar surface area (TPSA) is 44.3 Å². The van der Waals surface area contributed by atoms with E-state index in [0.717, 1.165) is 24.2 Å². The fourth-order valence-corrected chi connectivity index (χ4v) is 3.11. The molecule has 1 aliphatic heterocycles. The molecular weight excluding hydrogens is 212 g/mol. The van der Waals surface area contributed by atoms with Crippen molar-refractivity contribution in [3.63, 3.8) is 0 Å². The zero-order valence-corrected chi connectivity index (χ0v) is 10.1. The third-order valence-corrected chi connectivity index (χ3v) is 3.97. The highest BCUT2D eigenvalue weighted by atomic mass is 16.3. The van der Waals surface area contributed by atoms with Gasteiger partial charge in [0.25, 0.3) is 0 Å². The number of anilines is 1. The van der Waals surface area contributed by atoms with E-state index in [1.165, 1.54) is 25.7 Å². The van der Waals surface area contributed by atoms with E-state index >= 15 is 0 Å². The van der Waals surface area contributed by atoms with Gasteiger partial charge in [-0.2, -0.15) is 0 Å². The molecule has 0 amide bonds. The summed E-state index contributed by atoms with van der Waals surface area (Å²) in [6.45, 7) is 0.987. The standard InChI is InChI=1S/C14H20N2O/c17-13-7-3-6-11-14(13)12(8-9-15-11)16-10-4-1-2-5-10/h3,6-7,10,12,15-17H,1-2,4-5,8-9H2. The lowest BCUT2D eigenvalue weighted by atomic mass is 9.96. The number of hydrogen-bond donors (Lipinski definition) is 3. The summed E-state index contributed by atoms with van der Waals surface area (Å²) in [5, 5.41) is 17.1. The Morgan fingerprint density at radius 2 is 2.00 bits per heavy atom. The first-order chi connectivity index (χ1) is 8.34. The van der Waals surface area contributed by atoms with Crippen molar-refractivity contribution in [2.75, 3.05) is 11.9 Å². The first-order valence-electron chi connectivity index (χ1n) is 6.66. The molecule has 1 atom stereocenters. The Morgan fingerprint density at radius 3 is 2.82 bits per heavy atom. The summed E-state index contributed by atoms with van der Waals surface area (Å²) in [7, 11) is 0. The number of phenols is 1. The average molecular weight is 232 g/mol. The molecule has 1 aromatic rings. The molecule has 0 aromatic heterocycles. The van der Waals surface area contributed by atoms with Gasteiger partial charge in [0.05, 0.1) is 0 Å². The van der Waals surface area contributed by atoms with Crippen LogP contribution in [0.4, 0.5) is 5.69 Å².